The van der Waals surface area contributed by atoms with E-state index in [1.807, 2.05) is 54.6 Å². The lowest BCUT2D eigenvalue weighted by molar-refractivity contribution is 0.104. The number of hydrogen-bond donors (Lipinski definition) is 0. The first kappa shape index (κ1) is 21.9. The average molecular weight is 379 g/mol. The molecule has 0 fully saturated rings. The fourth-order valence-electron chi connectivity index (χ4n) is 3.09. The first-order chi connectivity index (χ1) is 13.7. The Labute approximate surface area is 170 Å². The molecular weight excluding hydrogens is 344 g/mol. The number of rotatable bonds is 13. The van der Waals surface area contributed by atoms with E-state index >= 15 is 0 Å². The van der Waals surface area contributed by atoms with Crippen LogP contribution in [0, 0.1) is 6.92 Å². The van der Waals surface area contributed by atoms with Crippen LogP contribution >= 0.6 is 0 Å². The van der Waals surface area contributed by atoms with Gasteiger partial charge in [0.1, 0.15) is 5.75 Å². The Morgan fingerprint density at radius 2 is 1.43 bits per heavy atom. The second kappa shape index (κ2) is 12.9. The van der Waals surface area contributed by atoms with E-state index in [4.69, 9.17) is 4.74 Å². The Morgan fingerprint density at radius 3 is 2.07 bits per heavy atom. The molecule has 2 rings (SSSR count). The molecule has 0 saturated heterocycles. The van der Waals surface area contributed by atoms with Gasteiger partial charge in [-0.3, -0.25) is 4.79 Å². The Bertz CT molecular complexity index is 711. The van der Waals surface area contributed by atoms with Crippen molar-refractivity contribution in [2.24, 2.45) is 0 Å². The topological polar surface area (TPSA) is 26.3 Å². The zero-order valence-electron chi connectivity index (χ0n) is 17.5. The lowest BCUT2D eigenvalue weighted by Gasteiger charge is -2.07. The van der Waals surface area contributed by atoms with Crippen molar-refractivity contribution in [3.8, 4) is 5.75 Å². The van der Waals surface area contributed by atoms with Crippen molar-refractivity contribution in [1.29, 1.82) is 0 Å². The van der Waals surface area contributed by atoms with Crippen LogP contribution in [-0.2, 0) is 0 Å². The van der Waals surface area contributed by atoms with Gasteiger partial charge in [0.2, 0.25) is 0 Å². The molecule has 0 aromatic heterocycles. The molecule has 2 heteroatoms. The minimum absolute atomic E-state index is 0.00944. The van der Waals surface area contributed by atoms with Gasteiger partial charge in [0, 0.05) is 5.56 Å². The van der Waals surface area contributed by atoms with Crippen LogP contribution in [0.3, 0.4) is 0 Å². The van der Waals surface area contributed by atoms with Gasteiger partial charge in [-0.25, -0.2) is 0 Å². The first-order valence-corrected chi connectivity index (χ1v) is 10.7. The zero-order valence-corrected chi connectivity index (χ0v) is 17.5. The molecule has 0 aliphatic heterocycles. The SMILES string of the molecule is CCCCCCCCCCOc1ccc(C(=O)C=Cc2ccc(C)cc2)cc1. The Balaban J connectivity index is 1.66. The number of aryl methyl sites for hydroxylation is 1. The summed E-state index contributed by atoms with van der Waals surface area (Å²) in [6, 6.07) is 15.6. The maximum absolute atomic E-state index is 12.3. The van der Waals surface area contributed by atoms with Gasteiger partial charge < -0.3 is 4.74 Å². The Kier molecular flexibility index (Phi) is 10.1. The minimum Gasteiger partial charge on any atom is -0.494 e. The van der Waals surface area contributed by atoms with Gasteiger partial charge in [0.05, 0.1) is 6.61 Å². The molecule has 0 bridgehead atoms. The molecule has 0 saturated carbocycles. The van der Waals surface area contributed by atoms with E-state index < -0.39 is 0 Å². The fourth-order valence-corrected chi connectivity index (χ4v) is 3.09. The second-order valence-corrected chi connectivity index (χ2v) is 7.46. The molecule has 0 amide bonds. The smallest absolute Gasteiger partial charge is 0.185 e. The summed E-state index contributed by atoms with van der Waals surface area (Å²) in [6.45, 7) is 5.05. The van der Waals surface area contributed by atoms with Gasteiger partial charge in [-0.15, -0.1) is 0 Å². The molecular formula is C26H34O2. The van der Waals surface area contributed by atoms with E-state index in [0.717, 1.165) is 24.3 Å². The lowest BCUT2D eigenvalue weighted by atomic mass is 10.1. The van der Waals surface area contributed by atoms with Gasteiger partial charge in [0.15, 0.2) is 5.78 Å². The first-order valence-electron chi connectivity index (χ1n) is 10.7. The molecule has 150 valence electrons. The lowest BCUT2D eigenvalue weighted by Crippen LogP contribution is -1.99. The quantitative estimate of drug-likeness (QED) is 0.206. The third-order valence-electron chi connectivity index (χ3n) is 4.91. The van der Waals surface area contributed by atoms with Crippen molar-refractivity contribution in [2.45, 2.75) is 65.2 Å². The number of carbonyl (C=O) groups excluding carboxylic acids is 1. The number of allylic oxidation sites excluding steroid dienone is 1. The van der Waals surface area contributed by atoms with Crippen molar-refractivity contribution >= 4 is 11.9 Å². The predicted octanol–water partition coefficient (Wildman–Crippen LogP) is 7.41. The van der Waals surface area contributed by atoms with Crippen LogP contribution in [0.15, 0.2) is 54.6 Å². The van der Waals surface area contributed by atoms with Crippen LogP contribution in [0.1, 0.15) is 79.8 Å². The molecule has 2 nitrogen and oxygen atoms in total. The number of ether oxygens (including phenoxy) is 1. The summed E-state index contributed by atoms with van der Waals surface area (Å²) in [7, 11) is 0. The van der Waals surface area contributed by atoms with Crippen molar-refractivity contribution in [1.82, 2.24) is 0 Å². The van der Waals surface area contributed by atoms with Crippen molar-refractivity contribution < 1.29 is 9.53 Å². The molecule has 2 aromatic carbocycles. The van der Waals surface area contributed by atoms with Crippen LogP contribution in [-0.4, -0.2) is 12.4 Å². The van der Waals surface area contributed by atoms with Crippen molar-refractivity contribution in [3.63, 3.8) is 0 Å². The number of carbonyl (C=O) groups is 1. The van der Waals surface area contributed by atoms with Crippen LogP contribution in [0.5, 0.6) is 5.75 Å². The van der Waals surface area contributed by atoms with Gasteiger partial charge in [-0.2, -0.15) is 0 Å². The fraction of sp³-hybridized carbons (Fsp3) is 0.423. The van der Waals surface area contributed by atoms with Crippen LogP contribution < -0.4 is 4.74 Å². The van der Waals surface area contributed by atoms with E-state index in [1.54, 1.807) is 6.08 Å². The highest BCUT2D eigenvalue weighted by Crippen LogP contribution is 2.15. The Hall–Kier alpha value is -2.35. The molecule has 0 N–H and O–H groups in total. The summed E-state index contributed by atoms with van der Waals surface area (Å²) in [5, 5.41) is 0. The Morgan fingerprint density at radius 1 is 0.821 bits per heavy atom. The molecule has 0 aliphatic carbocycles. The number of hydrogen-bond acceptors (Lipinski definition) is 2. The molecule has 0 heterocycles. The molecule has 0 spiro atoms. The summed E-state index contributed by atoms with van der Waals surface area (Å²) < 4.78 is 5.80. The van der Waals surface area contributed by atoms with Gasteiger partial charge >= 0.3 is 0 Å². The van der Waals surface area contributed by atoms with Crippen molar-refractivity contribution in [3.05, 3.63) is 71.3 Å². The zero-order chi connectivity index (χ0) is 20.0. The largest absolute Gasteiger partial charge is 0.494 e. The monoisotopic (exact) mass is 378 g/mol. The van der Waals surface area contributed by atoms with E-state index in [9.17, 15) is 4.79 Å². The van der Waals surface area contributed by atoms with E-state index in [-0.39, 0.29) is 5.78 Å². The second-order valence-electron chi connectivity index (χ2n) is 7.46. The molecule has 2 aromatic rings. The normalized spacial score (nSPS) is 11.1. The third kappa shape index (κ3) is 8.56. The number of benzene rings is 2. The highest BCUT2D eigenvalue weighted by atomic mass is 16.5. The molecule has 0 unspecified atom stereocenters. The average Bonchev–Trinajstić information content (AvgIpc) is 2.72. The number of ketones is 1. The number of unbranched alkanes of at least 4 members (excludes halogenated alkanes) is 7. The summed E-state index contributed by atoms with van der Waals surface area (Å²) in [5.74, 6) is 0.845. The summed E-state index contributed by atoms with van der Waals surface area (Å²) in [4.78, 5) is 12.3. The molecule has 0 aliphatic rings. The van der Waals surface area contributed by atoms with Crippen molar-refractivity contribution in [2.75, 3.05) is 6.61 Å². The maximum atomic E-state index is 12.3. The van der Waals surface area contributed by atoms with Gasteiger partial charge in [-0.1, -0.05) is 87.8 Å². The van der Waals surface area contributed by atoms with E-state index in [1.165, 1.54) is 50.5 Å². The highest BCUT2D eigenvalue weighted by Gasteiger charge is 2.02. The summed E-state index contributed by atoms with van der Waals surface area (Å²) >= 11 is 0. The van der Waals surface area contributed by atoms with Crippen LogP contribution in [0.2, 0.25) is 0 Å². The molecule has 0 radical (unpaired) electrons. The van der Waals surface area contributed by atoms with Gasteiger partial charge in [-0.05, 0) is 49.2 Å². The highest BCUT2D eigenvalue weighted by molar-refractivity contribution is 6.06. The summed E-state index contributed by atoms with van der Waals surface area (Å²) in [6.07, 6.45) is 13.8. The third-order valence-corrected chi connectivity index (χ3v) is 4.91. The van der Waals surface area contributed by atoms with Gasteiger partial charge in [0.25, 0.3) is 0 Å². The molecule has 28 heavy (non-hydrogen) atoms. The molecule has 0 atom stereocenters. The standard InChI is InChI=1S/C26H34O2/c1-3-4-5-6-7-8-9-10-21-28-25-18-16-24(17-19-25)26(27)20-15-23-13-11-22(2)12-14-23/h11-20H,3-10,21H2,1-2H3. The van der Waals surface area contributed by atoms with Crippen LogP contribution in [0.25, 0.3) is 6.08 Å². The maximum Gasteiger partial charge on any atom is 0.185 e. The van der Waals surface area contributed by atoms with E-state index in [0.29, 0.717) is 5.56 Å². The summed E-state index contributed by atoms with van der Waals surface area (Å²) in [5.41, 5.74) is 2.93. The van der Waals surface area contributed by atoms with E-state index in [2.05, 4.69) is 13.8 Å². The predicted molar refractivity (Wildman–Crippen MR) is 119 cm³/mol. The minimum atomic E-state index is 0.00944. The van der Waals surface area contributed by atoms with Crippen LogP contribution in [0.4, 0.5) is 0 Å².